The maximum Gasteiger partial charge on any atom is 0.242 e. The summed E-state index contributed by atoms with van der Waals surface area (Å²) in [6.45, 7) is 2.17. The van der Waals surface area contributed by atoms with E-state index >= 15 is 0 Å². The lowest BCUT2D eigenvalue weighted by Crippen LogP contribution is -2.30. The van der Waals surface area contributed by atoms with Crippen LogP contribution in [0.25, 0.3) is 0 Å². The van der Waals surface area contributed by atoms with Gasteiger partial charge in [-0.25, -0.2) is 4.99 Å². The second kappa shape index (κ2) is 6.22. The summed E-state index contributed by atoms with van der Waals surface area (Å²) >= 11 is 0. The highest BCUT2D eigenvalue weighted by Gasteiger charge is 2.22. The van der Waals surface area contributed by atoms with E-state index in [-0.39, 0.29) is 18.4 Å². The Balaban J connectivity index is 1.84. The Morgan fingerprint density at radius 3 is 2.95 bits per heavy atom. The minimum absolute atomic E-state index is 0.0722. The second-order valence-electron chi connectivity index (χ2n) is 4.72. The van der Waals surface area contributed by atoms with Crippen LogP contribution in [0.2, 0.25) is 0 Å². The molecule has 1 aliphatic carbocycles. The van der Waals surface area contributed by atoms with Crippen molar-refractivity contribution in [3.8, 4) is 0 Å². The number of nitrogens with zero attached hydrogens (tertiary/aromatic N) is 1. The highest BCUT2D eigenvalue weighted by Crippen LogP contribution is 2.18. The summed E-state index contributed by atoms with van der Waals surface area (Å²) in [6.07, 6.45) is 3.12. The summed E-state index contributed by atoms with van der Waals surface area (Å²) < 4.78 is 0. The van der Waals surface area contributed by atoms with Crippen molar-refractivity contribution in [1.29, 1.82) is 0 Å². The van der Waals surface area contributed by atoms with Gasteiger partial charge in [0.1, 0.15) is 6.54 Å². The number of amides is 1. The second-order valence-corrected chi connectivity index (χ2v) is 4.72. The fraction of sp³-hybridized carbons (Fsp3) is 0.429. The Morgan fingerprint density at radius 1 is 1.47 bits per heavy atom. The van der Waals surface area contributed by atoms with Gasteiger partial charge < -0.3 is 16.4 Å². The molecule has 0 aromatic heterocycles. The zero-order valence-electron chi connectivity index (χ0n) is 11.1. The summed E-state index contributed by atoms with van der Waals surface area (Å²) in [5, 5.41) is 5.85. The van der Waals surface area contributed by atoms with Crippen LogP contribution < -0.4 is 16.4 Å². The molecule has 4 N–H and O–H groups in total. The third-order valence-electron chi connectivity index (χ3n) is 2.94. The molecule has 5 heteroatoms. The molecule has 1 amide bonds. The predicted octanol–water partition coefficient (Wildman–Crippen LogP) is 1.25. The van der Waals surface area contributed by atoms with Crippen molar-refractivity contribution in [3.05, 3.63) is 29.8 Å². The molecule has 0 spiro atoms. The van der Waals surface area contributed by atoms with E-state index in [1.165, 1.54) is 5.56 Å². The van der Waals surface area contributed by atoms with Crippen LogP contribution in [0.1, 0.15) is 25.3 Å². The lowest BCUT2D eigenvalue weighted by Gasteiger charge is -2.07. The number of rotatable bonds is 5. The van der Waals surface area contributed by atoms with Crippen LogP contribution >= 0.6 is 0 Å². The number of nitrogens with one attached hydrogen (secondary N) is 2. The molecule has 1 saturated carbocycles. The van der Waals surface area contributed by atoms with Gasteiger partial charge in [-0.1, -0.05) is 19.1 Å². The Labute approximate surface area is 113 Å². The van der Waals surface area contributed by atoms with Crippen molar-refractivity contribution in [2.24, 2.45) is 10.7 Å². The van der Waals surface area contributed by atoms with E-state index in [1.54, 1.807) is 0 Å². The number of aryl methyl sites for hydroxylation is 1. The number of benzene rings is 1. The summed E-state index contributed by atoms with van der Waals surface area (Å²) in [7, 11) is 0. The van der Waals surface area contributed by atoms with Crippen LogP contribution in [-0.4, -0.2) is 24.5 Å². The van der Waals surface area contributed by atoms with Gasteiger partial charge in [0.05, 0.1) is 0 Å². The van der Waals surface area contributed by atoms with E-state index in [0.29, 0.717) is 6.04 Å². The standard InChI is InChI=1S/C14H20N4O/c1-2-10-4-3-5-12(8-10)18-14(15)16-9-13(19)17-11-6-7-11/h3-5,8,11H,2,6-7,9H2,1H3,(H,17,19)(H3,15,16,18). The van der Waals surface area contributed by atoms with Gasteiger partial charge in [-0.15, -0.1) is 0 Å². The van der Waals surface area contributed by atoms with Crippen LogP contribution in [0.3, 0.4) is 0 Å². The van der Waals surface area contributed by atoms with Crippen molar-refractivity contribution in [2.75, 3.05) is 11.9 Å². The van der Waals surface area contributed by atoms with E-state index < -0.39 is 0 Å². The van der Waals surface area contributed by atoms with E-state index in [0.717, 1.165) is 24.9 Å². The number of nitrogens with two attached hydrogens (primary N) is 1. The van der Waals surface area contributed by atoms with Crippen LogP contribution in [-0.2, 0) is 11.2 Å². The van der Waals surface area contributed by atoms with Crippen molar-refractivity contribution < 1.29 is 4.79 Å². The van der Waals surface area contributed by atoms with Gasteiger partial charge in [-0.2, -0.15) is 0 Å². The van der Waals surface area contributed by atoms with Crippen molar-refractivity contribution in [1.82, 2.24) is 5.32 Å². The van der Waals surface area contributed by atoms with Gasteiger partial charge >= 0.3 is 0 Å². The first-order chi connectivity index (χ1) is 9.17. The van der Waals surface area contributed by atoms with E-state index in [2.05, 4.69) is 28.6 Å². The number of anilines is 1. The molecule has 19 heavy (non-hydrogen) atoms. The normalized spacial score (nSPS) is 15.1. The van der Waals surface area contributed by atoms with Crippen molar-refractivity contribution in [2.45, 2.75) is 32.2 Å². The summed E-state index contributed by atoms with van der Waals surface area (Å²) in [6, 6.07) is 8.33. The largest absolute Gasteiger partial charge is 0.370 e. The fourth-order valence-electron chi connectivity index (χ4n) is 1.71. The molecule has 0 aliphatic heterocycles. The van der Waals surface area contributed by atoms with Gasteiger partial charge in [-0.3, -0.25) is 4.79 Å². The number of guanidine groups is 1. The van der Waals surface area contributed by atoms with Crippen molar-refractivity contribution >= 4 is 17.6 Å². The van der Waals surface area contributed by atoms with Gasteiger partial charge in [0.25, 0.3) is 0 Å². The van der Waals surface area contributed by atoms with Crippen LogP contribution in [0.15, 0.2) is 29.3 Å². The lowest BCUT2D eigenvalue weighted by molar-refractivity contribution is -0.119. The lowest BCUT2D eigenvalue weighted by atomic mass is 10.1. The molecule has 1 aromatic rings. The molecule has 1 aliphatic rings. The molecule has 0 radical (unpaired) electrons. The van der Waals surface area contributed by atoms with Gasteiger partial charge in [0.2, 0.25) is 5.91 Å². The van der Waals surface area contributed by atoms with E-state index in [1.807, 2.05) is 18.2 Å². The molecule has 0 unspecified atom stereocenters. The molecule has 5 nitrogen and oxygen atoms in total. The first kappa shape index (κ1) is 13.4. The molecule has 102 valence electrons. The number of hydrogen-bond acceptors (Lipinski definition) is 2. The van der Waals surface area contributed by atoms with Crippen LogP contribution in [0.4, 0.5) is 5.69 Å². The number of aliphatic imine (C=N–C) groups is 1. The molecule has 1 aromatic carbocycles. The molecule has 0 atom stereocenters. The number of carbonyl (C=O) groups excluding carboxylic acids is 1. The smallest absolute Gasteiger partial charge is 0.242 e. The summed E-state index contributed by atoms with van der Waals surface area (Å²) in [5.41, 5.74) is 7.87. The third-order valence-corrected chi connectivity index (χ3v) is 2.94. The zero-order valence-corrected chi connectivity index (χ0v) is 11.1. The summed E-state index contributed by atoms with van der Waals surface area (Å²) in [5.74, 6) is 0.189. The SMILES string of the molecule is CCc1cccc(NC(N)=NCC(=O)NC2CC2)c1. The van der Waals surface area contributed by atoms with E-state index in [9.17, 15) is 4.79 Å². The van der Waals surface area contributed by atoms with Crippen LogP contribution in [0.5, 0.6) is 0 Å². The monoisotopic (exact) mass is 260 g/mol. The third kappa shape index (κ3) is 4.62. The minimum Gasteiger partial charge on any atom is -0.370 e. The number of carbonyl (C=O) groups is 1. The number of hydrogen-bond donors (Lipinski definition) is 3. The highest BCUT2D eigenvalue weighted by atomic mass is 16.2. The first-order valence-electron chi connectivity index (χ1n) is 6.62. The molecule has 0 heterocycles. The Hall–Kier alpha value is -2.04. The predicted molar refractivity (Wildman–Crippen MR) is 77.1 cm³/mol. The Morgan fingerprint density at radius 2 is 2.26 bits per heavy atom. The van der Waals surface area contributed by atoms with Gasteiger partial charge in [-0.05, 0) is 37.0 Å². The summed E-state index contributed by atoms with van der Waals surface area (Å²) in [4.78, 5) is 15.5. The fourth-order valence-corrected chi connectivity index (χ4v) is 1.71. The van der Waals surface area contributed by atoms with Gasteiger partial charge in [0, 0.05) is 11.7 Å². The average molecular weight is 260 g/mol. The maximum absolute atomic E-state index is 11.4. The van der Waals surface area contributed by atoms with Gasteiger partial charge in [0.15, 0.2) is 5.96 Å². The van der Waals surface area contributed by atoms with Crippen LogP contribution in [0, 0.1) is 0 Å². The molecule has 0 saturated heterocycles. The molecule has 0 bridgehead atoms. The molecular formula is C14H20N4O. The topological polar surface area (TPSA) is 79.5 Å². The zero-order chi connectivity index (χ0) is 13.7. The highest BCUT2D eigenvalue weighted by molar-refractivity contribution is 5.93. The quantitative estimate of drug-likeness (QED) is 0.550. The minimum atomic E-state index is -0.0745. The molecule has 2 rings (SSSR count). The van der Waals surface area contributed by atoms with Crippen molar-refractivity contribution in [3.63, 3.8) is 0 Å². The molecule has 1 fully saturated rings. The molecular weight excluding hydrogens is 240 g/mol. The Bertz CT molecular complexity index is 480. The Kier molecular flexibility index (Phi) is 4.39. The van der Waals surface area contributed by atoms with E-state index in [4.69, 9.17) is 5.73 Å². The average Bonchev–Trinajstić information content (AvgIpc) is 3.20. The first-order valence-corrected chi connectivity index (χ1v) is 6.62. The maximum atomic E-state index is 11.4.